The van der Waals surface area contributed by atoms with Crippen LogP contribution in [0.5, 0.6) is 0 Å². The topological polar surface area (TPSA) is 3.24 Å². The van der Waals surface area contributed by atoms with Crippen LogP contribution in [0.15, 0.2) is 273 Å². The molecule has 13 rings (SSSR count). The Hall–Kier alpha value is -8.78. The van der Waals surface area contributed by atoms with E-state index in [0.717, 1.165) is 22.6 Å². The van der Waals surface area contributed by atoms with Gasteiger partial charge in [0, 0.05) is 16.6 Å². The monoisotopic (exact) mass is 863 g/mol. The van der Waals surface area contributed by atoms with Gasteiger partial charge in [0.05, 0.1) is 16.8 Å². The third-order valence-corrected chi connectivity index (χ3v) is 14.3. The van der Waals surface area contributed by atoms with Crippen LogP contribution in [-0.2, 0) is 5.41 Å². The summed E-state index contributed by atoms with van der Waals surface area (Å²) >= 11 is 0. The lowest BCUT2D eigenvalue weighted by molar-refractivity contribution is 0.768. The maximum atomic E-state index is 2.52. The standard InChI is InChI=1S/C67H45N/c1-5-23-47(24-6-1)64-57-36-16-15-35-55(57)56-43-42-50(45-59(56)65(64)48-25-7-2-8-26-48)49-28-19-33-53(44-49)68(62-40-20-27-46-22-13-14-34-54(46)62)63-41-21-39-61-66(63)58-37-17-18-38-60(58)67(61,51-29-9-3-10-30-51)52-31-11-4-12-32-52/h1-45H. The molecular formula is C67H45N. The first-order chi connectivity index (χ1) is 33.8. The molecular weight excluding hydrogens is 819 g/mol. The fourth-order valence-electron chi connectivity index (χ4n) is 11.5. The van der Waals surface area contributed by atoms with Gasteiger partial charge in [-0.1, -0.05) is 243 Å². The van der Waals surface area contributed by atoms with E-state index in [-0.39, 0.29) is 0 Å². The number of rotatable bonds is 8. The predicted molar refractivity (Wildman–Crippen MR) is 287 cm³/mol. The van der Waals surface area contributed by atoms with E-state index in [1.807, 2.05) is 0 Å². The maximum Gasteiger partial charge on any atom is 0.0714 e. The zero-order chi connectivity index (χ0) is 45.0. The summed E-state index contributed by atoms with van der Waals surface area (Å²) in [7, 11) is 0. The minimum absolute atomic E-state index is 0.527. The highest BCUT2D eigenvalue weighted by Gasteiger charge is 2.47. The molecule has 0 amide bonds. The van der Waals surface area contributed by atoms with E-state index in [0.29, 0.717) is 0 Å². The van der Waals surface area contributed by atoms with Gasteiger partial charge in [-0.25, -0.2) is 0 Å². The van der Waals surface area contributed by atoms with Crippen molar-refractivity contribution in [3.63, 3.8) is 0 Å². The summed E-state index contributed by atoms with van der Waals surface area (Å²) in [6, 6.07) is 101. The normalized spacial score (nSPS) is 12.5. The first-order valence-electron chi connectivity index (χ1n) is 23.6. The molecule has 0 fully saturated rings. The third kappa shape index (κ3) is 6.17. The first kappa shape index (κ1) is 39.6. The largest absolute Gasteiger partial charge is 0.309 e. The van der Waals surface area contributed by atoms with Gasteiger partial charge in [-0.2, -0.15) is 0 Å². The van der Waals surface area contributed by atoms with E-state index in [9.17, 15) is 0 Å². The van der Waals surface area contributed by atoms with Gasteiger partial charge in [0.25, 0.3) is 0 Å². The quantitative estimate of drug-likeness (QED) is 0.138. The SMILES string of the molecule is c1ccc(-c2c(-c3ccccc3)c3cc(-c4cccc(N(c5cccc6c5-c5ccccc5C6(c5ccccc5)c5ccccc5)c5cccc6ccccc56)c4)ccc3c3ccccc23)cc1. The smallest absolute Gasteiger partial charge is 0.0714 e. The second-order valence-electron chi connectivity index (χ2n) is 17.9. The Morgan fingerprint density at radius 3 is 1.47 bits per heavy atom. The summed E-state index contributed by atoms with van der Waals surface area (Å²) in [5, 5.41) is 7.38. The van der Waals surface area contributed by atoms with Crippen LogP contribution in [0, 0.1) is 0 Å². The number of hydrogen-bond donors (Lipinski definition) is 0. The van der Waals surface area contributed by atoms with Crippen molar-refractivity contribution in [3.8, 4) is 44.5 Å². The summed E-state index contributed by atoms with van der Waals surface area (Å²) < 4.78 is 0. The zero-order valence-corrected chi connectivity index (χ0v) is 37.4. The molecule has 0 saturated heterocycles. The fourth-order valence-corrected chi connectivity index (χ4v) is 11.5. The van der Waals surface area contributed by atoms with E-state index in [1.165, 1.54) is 93.5 Å². The highest BCUT2D eigenvalue weighted by molar-refractivity contribution is 6.22. The summed E-state index contributed by atoms with van der Waals surface area (Å²) in [5.41, 5.74) is 17.6. The van der Waals surface area contributed by atoms with Gasteiger partial charge in [0.2, 0.25) is 0 Å². The minimum Gasteiger partial charge on any atom is -0.309 e. The van der Waals surface area contributed by atoms with Crippen LogP contribution < -0.4 is 4.90 Å². The Balaban J connectivity index is 1.07. The van der Waals surface area contributed by atoms with Crippen LogP contribution in [0.2, 0.25) is 0 Å². The van der Waals surface area contributed by atoms with Crippen LogP contribution in [0.25, 0.3) is 76.8 Å². The third-order valence-electron chi connectivity index (χ3n) is 14.3. The van der Waals surface area contributed by atoms with Gasteiger partial charge in [-0.05, 0) is 118 Å². The molecule has 1 heteroatoms. The van der Waals surface area contributed by atoms with E-state index >= 15 is 0 Å². The van der Waals surface area contributed by atoms with Crippen LogP contribution in [0.1, 0.15) is 22.3 Å². The average molecular weight is 864 g/mol. The second-order valence-corrected chi connectivity index (χ2v) is 17.9. The highest BCUT2D eigenvalue weighted by Crippen LogP contribution is 2.60. The van der Waals surface area contributed by atoms with Crippen molar-refractivity contribution in [1.82, 2.24) is 0 Å². The Labute approximate surface area is 397 Å². The lowest BCUT2D eigenvalue weighted by atomic mass is 9.68. The lowest BCUT2D eigenvalue weighted by Crippen LogP contribution is -2.28. The molecule has 0 atom stereocenters. The van der Waals surface area contributed by atoms with Crippen molar-refractivity contribution in [2.75, 3.05) is 4.90 Å². The molecule has 1 aliphatic carbocycles. The first-order valence-corrected chi connectivity index (χ1v) is 23.6. The summed E-state index contributed by atoms with van der Waals surface area (Å²) in [6.07, 6.45) is 0. The molecule has 0 heterocycles. The summed E-state index contributed by atoms with van der Waals surface area (Å²) in [4.78, 5) is 2.52. The van der Waals surface area contributed by atoms with E-state index in [2.05, 4.69) is 278 Å². The number of benzene rings is 12. The van der Waals surface area contributed by atoms with Crippen molar-refractivity contribution in [3.05, 3.63) is 295 Å². The molecule has 0 spiro atoms. The van der Waals surface area contributed by atoms with Crippen molar-refractivity contribution in [2.24, 2.45) is 0 Å². The molecule has 68 heavy (non-hydrogen) atoms. The molecule has 0 radical (unpaired) electrons. The van der Waals surface area contributed by atoms with Crippen molar-refractivity contribution in [2.45, 2.75) is 5.41 Å². The van der Waals surface area contributed by atoms with Gasteiger partial charge in [-0.3, -0.25) is 0 Å². The molecule has 1 aliphatic rings. The zero-order valence-electron chi connectivity index (χ0n) is 37.4. The maximum absolute atomic E-state index is 2.52. The van der Waals surface area contributed by atoms with E-state index < -0.39 is 5.41 Å². The summed E-state index contributed by atoms with van der Waals surface area (Å²) in [5.74, 6) is 0. The Kier molecular flexibility index (Phi) is 9.47. The summed E-state index contributed by atoms with van der Waals surface area (Å²) in [6.45, 7) is 0. The van der Waals surface area contributed by atoms with E-state index in [1.54, 1.807) is 0 Å². The van der Waals surface area contributed by atoms with Crippen molar-refractivity contribution in [1.29, 1.82) is 0 Å². The van der Waals surface area contributed by atoms with Gasteiger partial charge < -0.3 is 4.90 Å². The van der Waals surface area contributed by atoms with Gasteiger partial charge >= 0.3 is 0 Å². The van der Waals surface area contributed by atoms with Gasteiger partial charge in [-0.15, -0.1) is 0 Å². The minimum atomic E-state index is -0.527. The Morgan fingerprint density at radius 1 is 0.265 bits per heavy atom. The number of hydrogen-bond acceptors (Lipinski definition) is 1. The molecule has 1 nitrogen and oxygen atoms in total. The number of nitrogens with zero attached hydrogens (tertiary/aromatic N) is 1. The highest BCUT2D eigenvalue weighted by atomic mass is 15.1. The molecule has 0 aromatic heterocycles. The molecule has 0 saturated carbocycles. The van der Waals surface area contributed by atoms with Crippen LogP contribution in [-0.4, -0.2) is 0 Å². The molecule has 0 N–H and O–H groups in total. The average Bonchev–Trinajstić information content (AvgIpc) is 3.73. The lowest BCUT2D eigenvalue weighted by Gasteiger charge is -2.34. The Morgan fingerprint density at radius 2 is 0.750 bits per heavy atom. The fraction of sp³-hybridized carbons (Fsp3) is 0.0149. The number of anilines is 3. The van der Waals surface area contributed by atoms with Crippen molar-refractivity contribution >= 4 is 49.4 Å². The van der Waals surface area contributed by atoms with E-state index in [4.69, 9.17) is 0 Å². The molecule has 0 unspecified atom stereocenters. The van der Waals surface area contributed by atoms with Gasteiger partial charge in [0.1, 0.15) is 0 Å². The van der Waals surface area contributed by atoms with Crippen LogP contribution in [0.3, 0.4) is 0 Å². The molecule has 0 aliphatic heterocycles. The predicted octanol–water partition coefficient (Wildman–Crippen LogP) is 18.0. The molecule has 12 aromatic rings. The van der Waals surface area contributed by atoms with Crippen molar-refractivity contribution < 1.29 is 0 Å². The van der Waals surface area contributed by atoms with Crippen LogP contribution >= 0.6 is 0 Å². The van der Waals surface area contributed by atoms with Gasteiger partial charge in [0.15, 0.2) is 0 Å². The molecule has 0 bridgehead atoms. The Bertz CT molecular complexity index is 3790. The second kappa shape index (κ2) is 16.3. The van der Waals surface area contributed by atoms with Crippen LogP contribution in [0.4, 0.5) is 17.1 Å². The molecule has 318 valence electrons. The number of fused-ring (bicyclic) bond motifs is 7. The molecule has 12 aromatic carbocycles.